The molecule has 0 bridgehead atoms. The highest BCUT2D eigenvalue weighted by molar-refractivity contribution is 7.89. The van der Waals surface area contributed by atoms with E-state index >= 15 is 0 Å². The molecule has 2 heterocycles. The number of likely N-dealkylation sites (tertiary alicyclic amines) is 2. The first kappa shape index (κ1) is 21.3. The van der Waals surface area contributed by atoms with E-state index in [-0.39, 0.29) is 22.4 Å². The summed E-state index contributed by atoms with van der Waals surface area (Å²) >= 11 is 6.19. The van der Waals surface area contributed by atoms with Crippen LogP contribution in [0.1, 0.15) is 35.2 Å². The summed E-state index contributed by atoms with van der Waals surface area (Å²) in [5, 5.41) is 0.100. The summed E-state index contributed by atoms with van der Waals surface area (Å²) in [6.07, 6.45) is 3.40. The molecule has 30 heavy (non-hydrogen) atoms. The lowest BCUT2D eigenvalue weighted by molar-refractivity contribution is 0.0780. The molecule has 1 atom stereocenters. The van der Waals surface area contributed by atoms with E-state index in [4.69, 9.17) is 11.6 Å². The maximum atomic E-state index is 13.0. The summed E-state index contributed by atoms with van der Waals surface area (Å²) in [5.74, 6) is -0.145. The minimum absolute atomic E-state index is 0.0683. The van der Waals surface area contributed by atoms with Crippen molar-refractivity contribution < 1.29 is 13.2 Å². The average Bonchev–Trinajstić information content (AvgIpc) is 3.45. The van der Waals surface area contributed by atoms with Crippen LogP contribution in [-0.2, 0) is 16.6 Å². The zero-order valence-corrected chi connectivity index (χ0v) is 18.3. The molecule has 0 aliphatic carbocycles. The number of benzene rings is 2. The van der Waals surface area contributed by atoms with Crippen LogP contribution in [0.3, 0.4) is 0 Å². The molecule has 2 aromatic carbocycles. The van der Waals surface area contributed by atoms with E-state index in [1.807, 2.05) is 35.2 Å². The van der Waals surface area contributed by atoms with Gasteiger partial charge in [-0.1, -0.05) is 41.9 Å². The lowest BCUT2D eigenvalue weighted by Crippen LogP contribution is -2.37. The normalized spacial score (nSPS) is 20.0. The van der Waals surface area contributed by atoms with Gasteiger partial charge in [-0.05, 0) is 56.1 Å². The summed E-state index contributed by atoms with van der Waals surface area (Å²) in [4.78, 5) is 17.2. The third kappa shape index (κ3) is 4.70. The van der Waals surface area contributed by atoms with Crippen LogP contribution in [-0.4, -0.2) is 56.3 Å². The summed E-state index contributed by atoms with van der Waals surface area (Å²) in [5.41, 5.74) is 1.19. The smallest absolute Gasteiger partial charge is 0.253 e. The highest BCUT2D eigenvalue weighted by atomic mass is 35.5. The van der Waals surface area contributed by atoms with Crippen LogP contribution in [0.2, 0.25) is 5.02 Å². The quantitative estimate of drug-likeness (QED) is 0.738. The van der Waals surface area contributed by atoms with Crippen LogP contribution in [0, 0.1) is 0 Å². The first-order valence-electron chi connectivity index (χ1n) is 10.3. The Hall–Kier alpha value is -1.93. The van der Waals surface area contributed by atoms with Gasteiger partial charge in [0, 0.05) is 31.2 Å². The Kier molecular flexibility index (Phi) is 6.43. The topological polar surface area (TPSA) is 69.7 Å². The van der Waals surface area contributed by atoms with Crippen molar-refractivity contribution >= 4 is 27.5 Å². The molecule has 160 valence electrons. The molecule has 0 aromatic heterocycles. The predicted octanol–water partition coefficient (Wildman–Crippen LogP) is 3.13. The number of carbonyl (C=O) groups excluding carboxylic acids is 1. The summed E-state index contributed by atoms with van der Waals surface area (Å²) in [6, 6.07) is 14.1. The third-order valence-corrected chi connectivity index (χ3v) is 7.77. The molecule has 2 fully saturated rings. The Labute approximate surface area is 182 Å². The number of hydrogen-bond acceptors (Lipinski definition) is 4. The van der Waals surface area contributed by atoms with E-state index < -0.39 is 10.0 Å². The summed E-state index contributed by atoms with van der Waals surface area (Å²) in [6.45, 7) is 3.74. The number of nitrogens with zero attached hydrogens (tertiary/aromatic N) is 2. The Bertz CT molecular complexity index is 1010. The Balaban J connectivity index is 1.47. The highest BCUT2D eigenvalue weighted by Crippen LogP contribution is 2.26. The van der Waals surface area contributed by atoms with Crippen molar-refractivity contribution in [2.24, 2.45) is 0 Å². The highest BCUT2D eigenvalue weighted by Gasteiger charge is 2.32. The minimum Gasteiger partial charge on any atom is -0.337 e. The SMILES string of the molecule is O=C(c1ccc(Cl)c(S(=O)(=O)NCc2ccccc2)c1)N1CCC(N2CCCC2)C1. The number of carbonyl (C=O) groups is 1. The van der Waals surface area contributed by atoms with Crippen LogP contribution in [0.5, 0.6) is 0 Å². The van der Waals surface area contributed by atoms with Crippen molar-refractivity contribution in [1.29, 1.82) is 0 Å². The van der Waals surface area contributed by atoms with Gasteiger partial charge < -0.3 is 4.90 Å². The number of nitrogens with one attached hydrogen (secondary N) is 1. The second kappa shape index (κ2) is 9.06. The number of sulfonamides is 1. The van der Waals surface area contributed by atoms with Crippen molar-refractivity contribution in [3.8, 4) is 0 Å². The number of halogens is 1. The Morgan fingerprint density at radius 1 is 1.07 bits per heavy atom. The third-order valence-electron chi connectivity index (χ3n) is 5.88. The van der Waals surface area contributed by atoms with Gasteiger partial charge in [0.1, 0.15) is 4.90 Å². The zero-order valence-electron chi connectivity index (χ0n) is 16.8. The summed E-state index contributed by atoms with van der Waals surface area (Å²) < 4.78 is 28.2. The van der Waals surface area contributed by atoms with Crippen molar-refractivity contribution in [2.45, 2.75) is 36.7 Å². The van der Waals surface area contributed by atoms with Crippen molar-refractivity contribution in [3.05, 3.63) is 64.7 Å². The molecule has 1 N–H and O–H groups in total. The molecule has 4 rings (SSSR count). The molecule has 2 saturated heterocycles. The second-order valence-corrected chi connectivity index (χ2v) is 10.0. The van der Waals surface area contributed by atoms with E-state index in [0.29, 0.717) is 24.7 Å². The Morgan fingerprint density at radius 2 is 1.80 bits per heavy atom. The fourth-order valence-corrected chi connectivity index (χ4v) is 5.75. The molecular formula is C22H26ClN3O3S. The number of rotatable bonds is 6. The maximum Gasteiger partial charge on any atom is 0.253 e. The van der Waals surface area contributed by atoms with Gasteiger partial charge in [0.2, 0.25) is 10.0 Å². The predicted molar refractivity (Wildman–Crippen MR) is 117 cm³/mol. The van der Waals surface area contributed by atoms with Crippen LogP contribution in [0.15, 0.2) is 53.4 Å². The standard InChI is InChI=1S/C22H26ClN3O3S/c23-20-9-8-18(22(27)26-13-10-19(16-26)25-11-4-5-12-25)14-21(20)30(28,29)24-15-17-6-2-1-3-7-17/h1-3,6-9,14,19,24H,4-5,10-13,15-16H2. The molecule has 8 heteroatoms. The monoisotopic (exact) mass is 447 g/mol. The molecule has 0 saturated carbocycles. The lowest BCUT2D eigenvalue weighted by atomic mass is 10.2. The van der Waals surface area contributed by atoms with Gasteiger partial charge in [0.05, 0.1) is 5.02 Å². The summed E-state index contributed by atoms with van der Waals surface area (Å²) in [7, 11) is -3.85. The average molecular weight is 448 g/mol. The molecule has 2 aliphatic rings. The maximum absolute atomic E-state index is 13.0. The molecule has 1 unspecified atom stereocenters. The number of amides is 1. The van der Waals surface area contributed by atoms with Gasteiger partial charge in [-0.15, -0.1) is 0 Å². The van der Waals surface area contributed by atoms with Crippen molar-refractivity contribution in [2.75, 3.05) is 26.2 Å². The molecule has 1 amide bonds. The fourth-order valence-electron chi connectivity index (χ4n) is 4.21. The van der Waals surface area contributed by atoms with Gasteiger partial charge in [0.25, 0.3) is 5.91 Å². The first-order chi connectivity index (χ1) is 14.4. The molecule has 0 radical (unpaired) electrons. The van der Waals surface area contributed by atoms with Gasteiger partial charge in [-0.25, -0.2) is 13.1 Å². The van der Waals surface area contributed by atoms with Crippen LogP contribution in [0.4, 0.5) is 0 Å². The van der Waals surface area contributed by atoms with Crippen molar-refractivity contribution in [3.63, 3.8) is 0 Å². The largest absolute Gasteiger partial charge is 0.337 e. The van der Waals surface area contributed by atoms with E-state index in [0.717, 1.165) is 25.1 Å². The van der Waals surface area contributed by atoms with Gasteiger partial charge in [0.15, 0.2) is 0 Å². The fraction of sp³-hybridized carbons (Fsp3) is 0.409. The van der Waals surface area contributed by atoms with Gasteiger partial charge in [-0.2, -0.15) is 0 Å². The van der Waals surface area contributed by atoms with E-state index in [9.17, 15) is 13.2 Å². The van der Waals surface area contributed by atoms with Crippen LogP contribution < -0.4 is 4.72 Å². The minimum atomic E-state index is -3.85. The van der Waals surface area contributed by atoms with E-state index in [1.54, 1.807) is 6.07 Å². The molecular weight excluding hydrogens is 422 g/mol. The van der Waals surface area contributed by atoms with E-state index in [1.165, 1.54) is 25.0 Å². The molecule has 2 aliphatic heterocycles. The second-order valence-electron chi connectivity index (χ2n) is 7.89. The molecule has 0 spiro atoms. The zero-order chi connectivity index (χ0) is 21.1. The van der Waals surface area contributed by atoms with Crippen LogP contribution in [0.25, 0.3) is 0 Å². The Morgan fingerprint density at radius 3 is 2.53 bits per heavy atom. The lowest BCUT2D eigenvalue weighted by Gasteiger charge is -2.23. The number of hydrogen-bond donors (Lipinski definition) is 1. The van der Waals surface area contributed by atoms with E-state index in [2.05, 4.69) is 9.62 Å². The first-order valence-corrected chi connectivity index (χ1v) is 12.2. The molecule has 2 aromatic rings. The van der Waals surface area contributed by atoms with Gasteiger partial charge in [-0.3, -0.25) is 9.69 Å². The van der Waals surface area contributed by atoms with Crippen molar-refractivity contribution in [1.82, 2.24) is 14.5 Å². The van der Waals surface area contributed by atoms with Crippen LogP contribution >= 0.6 is 11.6 Å². The van der Waals surface area contributed by atoms with Gasteiger partial charge >= 0.3 is 0 Å². The molecule has 6 nitrogen and oxygen atoms in total.